The summed E-state index contributed by atoms with van der Waals surface area (Å²) >= 11 is 0. The minimum atomic E-state index is 0.278. The van der Waals surface area contributed by atoms with Gasteiger partial charge in [0.05, 0.1) is 0 Å². The van der Waals surface area contributed by atoms with E-state index in [2.05, 4.69) is 52.0 Å². The van der Waals surface area contributed by atoms with Gasteiger partial charge >= 0.3 is 0 Å². The number of nitrogens with zero attached hydrogens (tertiary/aromatic N) is 1. The van der Waals surface area contributed by atoms with Crippen molar-refractivity contribution < 1.29 is 0 Å². The molecular formula is C11H26N2. The van der Waals surface area contributed by atoms with Gasteiger partial charge in [0.25, 0.3) is 0 Å². The molecule has 0 aliphatic heterocycles. The number of hydrogen-bond donors (Lipinski definition) is 1. The smallest absolute Gasteiger partial charge is 0.0152 e. The Kier molecular flexibility index (Phi) is 4.40. The molecule has 0 aliphatic rings. The molecule has 0 rings (SSSR count). The third-order valence-corrected chi connectivity index (χ3v) is 2.78. The van der Waals surface area contributed by atoms with Crippen molar-refractivity contribution in [1.29, 1.82) is 0 Å². The molecule has 0 fully saturated rings. The fourth-order valence-corrected chi connectivity index (χ4v) is 1.87. The molecule has 0 saturated carbocycles. The van der Waals surface area contributed by atoms with Crippen molar-refractivity contribution in [3.05, 3.63) is 0 Å². The van der Waals surface area contributed by atoms with Gasteiger partial charge in [0.15, 0.2) is 0 Å². The first-order chi connectivity index (χ1) is 5.71. The first-order valence-corrected chi connectivity index (χ1v) is 5.03. The summed E-state index contributed by atoms with van der Waals surface area (Å²) in [7, 11) is 6.31. The fraction of sp³-hybridized carbons (Fsp3) is 1.00. The first-order valence-electron chi connectivity index (χ1n) is 5.03. The zero-order valence-corrected chi connectivity index (χ0v) is 10.4. The van der Waals surface area contributed by atoms with E-state index in [0.717, 1.165) is 6.54 Å². The van der Waals surface area contributed by atoms with Crippen molar-refractivity contribution in [3.63, 3.8) is 0 Å². The van der Waals surface area contributed by atoms with Crippen LogP contribution < -0.4 is 5.32 Å². The molecule has 0 aliphatic carbocycles. The van der Waals surface area contributed by atoms with E-state index in [1.54, 1.807) is 0 Å². The van der Waals surface area contributed by atoms with Crippen LogP contribution in [-0.4, -0.2) is 38.1 Å². The Balaban J connectivity index is 4.24. The van der Waals surface area contributed by atoms with Crippen molar-refractivity contribution in [1.82, 2.24) is 10.2 Å². The summed E-state index contributed by atoms with van der Waals surface area (Å²) in [5, 5.41) is 3.25. The lowest BCUT2D eigenvalue weighted by Gasteiger charge is -2.39. The Hall–Kier alpha value is -0.0800. The lowest BCUT2D eigenvalue weighted by Crippen LogP contribution is -2.44. The maximum absolute atomic E-state index is 3.25. The Morgan fingerprint density at radius 3 is 1.85 bits per heavy atom. The molecule has 0 unspecified atom stereocenters. The van der Waals surface area contributed by atoms with E-state index in [-0.39, 0.29) is 5.54 Å². The average molecular weight is 186 g/mol. The van der Waals surface area contributed by atoms with Crippen LogP contribution in [0.1, 0.15) is 34.1 Å². The van der Waals surface area contributed by atoms with Crippen molar-refractivity contribution in [2.45, 2.75) is 39.7 Å². The zero-order valence-electron chi connectivity index (χ0n) is 10.4. The minimum absolute atomic E-state index is 0.278. The molecule has 0 aromatic rings. The predicted octanol–water partition coefficient (Wildman–Crippen LogP) is 1.96. The van der Waals surface area contributed by atoms with Gasteiger partial charge in [-0.3, -0.25) is 0 Å². The lowest BCUT2D eigenvalue weighted by molar-refractivity contribution is 0.121. The molecule has 0 aromatic carbocycles. The molecular weight excluding hydrogens is 160 g/mol. The standard InChI is InChI=1S/C11H26N2/c1-10(2,9-12-5)8-11(3,4)13(6)7/h12H,8-9H2,1-7H3. The molecule has 0 atom stereocenters. The van der Waals surface area contributed by atoms with Crippen LogP contribution >= 0.6 is 0 Å². The molecule has 2 nitrogen and oxygen atoms in total. The maximum Gasteiger partial charge on any atom is 0.0152 e. The average Bonchev–Trinajstić information content (AvgIpc) is 1.83. The topological polar surface area (TPSA) is 15.3 Å². The molecule has 0 radical (unpaired) electrons. The Bertz CT molecular complexity index is 148. The van der Waals surface area contributed by atoms with Crippen LogP contribution in [0.2, 0.25) is 0 Å². The number of hydrogen-bond acceptors (Lipinski definition) is 2. The largest absolute Gasteiger partial charge is 0.319 e. The summed E-state index contributed by atoms with van der Waals surface area (Å²) < 4.78 is 0. The fourth-order valence-electron chi connectivity index (χ4n) is 1.87. The second kappa shape index (κ2) is 4.43. The lowest BCUT2D eigenvalue weighted by atomic mass is 9.79. The van der Waals surface area contributed by atoms with E-state index in [4.69, 9.17) is 0 Å². The highest BCUT2D eigenvalue weighted by Gasteiger charge is 2.29. The van der Waals surface area contributed by atoms with Gasteiger partial charge in [-0.1, -0.05) is 13.8 Å². The highest BCUT2D eigenvalue weighted by molar-refractivity contribution is 4.85. The molecule has 0 amide bonds. The van der Waals surface area contributed by atoms with E-state index >= 15 is 0 Å². The molecule has 13 heavy (non-hydrogen) atoms. The van der Waals surface area contributed by atoms with Gasteiger partial charge < -0.3 is 10.2 Å². The van der Waals surface area contributed by atoms with E-state index in [1.165, 1.54) is 6.42 Å². The Labute approximate surface area is 83.7 Å². The SMILES string of the molecule is CNCC(C)(C)CC(C)(C)N(C)C. The van der Waals surface area contributed by atoms with Gasteiger partial charge in [-0.15, -0.1) is 0 Å². The molecule has 0 saturated heterocycles. The molecule has 1 N–H and O–H groups in total. The summed E-state index contributed by atoms with van der Waals surface area (Å²) in [6.07, 6.45) is 1.20. The zero-order chi connectivity index (χ0) is 10.7. The molecule has 0 bridgehead atoms. The predicted molar refractivity (Wildman–Crippen MR) is 60.1 cm³/mol. The van der Waals surface area contributed by atoms with Gasteiger partial charge in [-0.05, 0) is 46.8 Å². The molecule has 2 heteroatoms. The van der Waals surface area contributed by atoms with Crippen LogP contribution in [0.25, 0.3) is 0 Å². The van der Waals surface area contributed by atoms with Gasteiger partial charge in [0, 0.05) is 12.1 Å². The normalized spacial score (nSPS) is 13.8. The Morgan fingerprint density at radius 1 is 1.08 bits per heavy atom. The van der Waals surface area contributed by atoms with Crippen LogP contribution in [-0.2, 0) is 0 Å². The van der Waals surface area contributed by atoms with Crippen LogP contribution in [0.15, 0.2) is 0 Å². The monoisotopic (exact) mass is 186 g/mol. The number of nitrogens with one attached hydrogen (secondary N) is 1. The Morgan fingerprint density at radius 2 is 1.54 bits per heavy atom. The summed E-state index contributed by atoms with van der Waals surface area (Å²) in [6, 6.07) is 0. The van der Waals surface area contributed by atoms with E-state index in [1.807, 2.05) is 7.05 Å². The highest BCUT2D eigenvalue weighted by Crippen LogP contribution is 2.29. The van der Waals surface area contributed by atoms with Crippen molar-refractivity contribution in [3.8, 4) is 0 Å². The van der Waals surface area contributed by atoms with Crippen molar-refractivity contribution in [2.75, 3.05) is 27.7 Å². The van der Waals surface area contributed by atoms with Crippen LogP contribution in [0.4, 0.5) is 0 Å². The molecule has 0 heterocycles. The molecule has 0 aromatic heterocycles. The summed E-state index contributed by atoms with van der Waals surface area (Å²) in [5.74, 6) is 0. The molecule has 80 valence electrons. The van der Waals surface area contributed by atoms with E-state index in [9.17, 15) is 0 Å². The van der Waals surface area contributed by atoms with Crippen molar-refractivity contribution >= 4 is 0 Å². The van der Waals surface area contributed by atoms with Gasteiger partial charge in [0.1, 0.15) is 0 Å². The summed E-state index contributed by atoms with van der Waals surface area (Å²) in [5.41, 5.74) is 0.642. The highest BCUT2D eigenvalue weighted by atomic mass is 15.1. The number of rotatable bonds is 5. The van der Waals surface area contributed by atoms with Gasteiger partial charge in [-0.25, -0.2) is 0 Å². The maximum atomic E-state index is 3.25. The van der Waals surface area contributed by atoms with Gasteiger partial charge in [-0.2, -0.15) is 0 Å². The van der Waals surface area contributed by atoms with E-state index in [0.29, 0.717) is 5.41 Å². The van der Waals surface area contributed by atoms with Crippen LogP contribution in [0.5, 0.6) is 0 Å². The third kappa shape index (κ3) is 4.63. The second-order valence-corrected chi connectivity index (χ2v) is 5.58. The van der Waals surface area contributed by atoms with Crippen molar-refractivity contribution in [2.24, 2.45) is 5.41 Å². The first kappa shape index (κ1) is 12.9. The summed E-state index contributed by atoms with van der Waals surface area (Å²) in [6.45, 7) is 10.3. The third-order valence-electron chi connectivity index (χ3n) is 2.78. The second-order valence-electron chi connectivity index (χ2n) is 5.58. The van der Waals surface area contributed by atoms with Crippen LogP contribution in [0.3, 0.4) is 0 Å². The van der Waals surface area contributed by atoms with Crippen LogP contribution in [0, 0.1) is 5.41 Å². The minimum Gasteiger partial charge on any atom is -0.319 e. The van der Waals surface area contributed by atoms with E-state index < -0.39 is 0 Å². The van der Waals surface area contributed by atoms with Gasteiger partial charge in [0.2, 0.25) is 0 Å². The molecule has 0 spiro atoms. The summed E-state index contributed by atoms with van der Waals surface area (Å²) in [4.78, 5) is 2.30. The quantitative estimate of drug-likeness (QED) is 0.706.